The van der Waals surface area contributed by atoms with Crippen LogP contribution in [0.3, 0.4) is 0 Å². The molecule has 0 heterocycles. The number of hydrogen-bond donors (Lipinski definition) is 2. The van der Waals surface area contributed by atoms with E-state index in [9.17, 15) is 18.7 Å². The fraction of sp³-hybridized carbons (Fsp3) is 0. The standard InChI is InChI=1S/C13H10ClNO4S/c14-9-6-10(13(16)17)12(8-4-2-1-3-5-8)11(7-9)15-20(18)19/h1-7,15H,(H,16,17)(H,18,19)/p-1. The molecular weight excluding hydrogens is 302 g/mol. The van der Waals surface area contributed by atoms with Crippen molar-refractivity contribution in [1.82, 2.24) is 0 Å². The number of rotatable bonds is 4. The number of carbonyl (C=O) groups is 1. The Hall–Kier alpha value is -1.89. The second-order valence-corrected chi connectivity index (χ2v) is 4.99. The Kier molecular flexibility index (Phi) is 4.39. The lowest BCUT2D eigenvalue weighted by atomic mass is 9.98. The molecule has 1 atom stereocenters. The number of carboxylic acid groups (broad SMARTS) is 1. The van der Waals surface area contributed by atoms with Crippen LogP contribution in [-0.2, 0) is 11.3 Å². The van der Waals surface area contributed by atoms with Gasteiger partial charge in [-0.05, 0) is 17.7 Å². The molecule has 0 saturated heterocycles. The van der Waals surface area contributed by atoms with Crippen molar-refractivity contribution < 1.29 is 18.7 Å². The van der Waals surface area contributed by atoms with Gasteiger partial charge in [-0.3, -0.25) is 4.21 Å². The minimum atomic E-state index is -2.58. The molecule has 2 aromatic rings. The van der Waals surface area contributed by atoms with E-state index in [0.717, 1.165) is 0 Å². The summed E-state index contributed by atoms with van der Waals surface area (Å²) in [6.07, 6.45) is 0. The maximum absolute atomic E-state index is 11.3. The van der Waals surface area contributed by atoms with E-state index in [1.807, 2.05) is 0 Å². The SMILES string of the molecule is O=C(O)c1cc(Cl)cc(NS(=O)[O-])c1-c1ccccc1. The van der Waals surface area contributed by atoms with Gasteiger partial charge in [0.05, 0.1) is 11.3 Å². The number of benzene rings is 2. The Balaban J connectivity index is 2.73. The van der Waals surface area contributed by atoms with Crippen molar-refractivity contribution >= 4 is 34.5 Å². The summed E-state index contributed by atoms with van der Waals surface area (Å²) < 4.78 is 23.9. The largest absolute Gasteiger partial charge is 0.755 e. The van der Waals surface area contributed by atoms with Crippen LogP contribution in [-0.4, -0.2) is 19.8 Å². The van der Waals surface area contributed by atoms with Crippen LogP contribution in [0, 0.1) is 0 Å². The van der Waals surface area contributed by atoms with E-state index in [-0.39, 0.29) is 21.8 Å². The van der Waals surface area contributed by atoms with Crippen LogP contribution >= 0.6 is 11.6 Å². The van der Waals surface area contributed by atoms with E-state index in [0.29, 0.717) is 5.56 Å². The summed E-state index contributed by atoms with van der Waals surface area (Å²) in [6.45, 7) is 0. The third-order valence-corrected chi connectivity index (χ3v) is 3.19. The Morgan fingerprint density at radius 3 is 2.45 bits per heavy atom. The van der Waals surface area contributed by atoms with E-state index in [2.05, 4.69) is 4.72 Å². The molecule has 104 valence electrons. The molecule has 0 saturated carbocycles. The van der Waals surface area contributed by atoms with Gasteiger partial charge in [0.2, 0.25) is 0 Å². The van der Waals surface area contributed by atoms with E-state index >= 15 is 0 Å². The fourth-order valence-corrected chi connectivity index (χ4v) is 2.42. The zero-order chi connectivity index (χ0) is 14.7. The molecule has 5 nitrogen and oxygen atoms in total. The van der Waals surface area contributed by atoms with E-state index in [1.54, 1.807) is 30.3 Å². The quantitative estimate of drug-likeness (QED) is 0.850. The number of nitrogens with one attached hydrogen (secondary N) is 1. The first-order chi connectivity index (χ1) is 9.49. The van der Waals surface area contributed by atoms with Crippen molar-refractivity contribution in [2.75, 3.05) is 4.72 Å². The molecule has 0 aliphatic rings. The Morgan fingerprint density at radius 2 is 1.90 bits per heavy atom. The monoisotopic (exact) mass is 310 g/mol. The Labute approximate surface area is 122 Å². The summed E-state index contributed by atoms with van der Waals surface area (Å²) in [4.78, 5) is 11.3. The predicted octanol–water partition coefficient (Wildman–Crippen LogP) is 2.91. The second-order valence-electron chi connectivity index (χ2n) is 3.88. The van der Waals surface area contributed by atoms with Gasteiger partial charge in [0.25, 0.3) is 0 Å². The van der Waals surface area contributed by atoms with Crippen LogP contribution < -0.4 is 4.72 Å². The predicted molar refractivity (Wildman–Crippen MR) is 76.4 cm³/mol. The third-order valence-electron chi connectivity index (χ3n) is 2.59. The molecule has 0 aliphatic heterocycles. The molecule has 0 bridgehead atoms. The third kappa shape index (κ3) is 3.16. The maximum Gasteiger partial charge on any atom is 0.336 e. The molecule has 2 rings (SSSR count). The molecule has 1 unspecified atom stereocenters. The number of carboxylic acids is 1. The molecular formula is C13H9ClNO4S-. The van der Waals surface area contributed by atoms with E-state index in [1.165, 1.54) is 12.1 Å². The minimum absolute atomic E-state index is 0.0725. The van der Waals surface area contributed by atoms with Gasteiger partial charge >= 0.3 is 5.97 Å². The molecule has 2 N–H and O–H groups in total. The highest BCUT2D eigenvalue weighted by Gasteiger charge is 2.17. The average Bonchev–Trinajstić information content (AvgIpc) is 2.38. The van der Waals surface area contributed by atoms with Gasteiger partial charge in [0.1, 0.15) is 0 Å². The van der Waals surface area contributed by atoms with Gasteiger partial charge in [-0.1, -0.05) is 41.9 Å². The fourth-order valence-electron chi connectivity index (χ4n) is 1.86. The maximum atomic E-state index is 11.3. The van der Waals surface area contributed by atoms with Crippen molar-refractivity contribution in [2.24, 2.45) is 0 Å². The number of anilines is 1. The molecule has 0 radical (unpaired) electrons. The smallest absolute Gasteiger partial charge is 0.336 e. The second kappa shape index (κ2) is 6.04. The molecule has 2 aromatic carbocycles. The van der Waals surface area contributed by atoms with Crippen molar-refractivity contribution in [2.45, 2.75) is 0 Å². The number of hydrogen-bond acceptors (Lipinski definition) is 3. The van der Waals surface area contributed by atoms with Crippen molar-refractivity contribution in [3.8, 4) is 11.1 Å². The van der Waals surface area contributed by atoms with Gasteiger partial charge in [-0.15, -0.1) is 0 Å². The summed E-state index contributed by atoms with van der Waals surface area (Å²) in [7, 11) is 0. The van der Waals surface area contributed by atoms with Crippen LogP contribution in [0.4, 0.5) is 5.69 Å². The van der Waals surface area contributed by atoms with E-state index in [4.69, 9.17) is 11.6 Å². The molecule has 0 fully saturated rings. The molecule has 0 spiro atoms. The van der Waals surface area contributed by atoms with Gasteiger partial charge in [0.15, 0.2) is 0 Å². The molecule has 20 heavy (non-hydrogen) atoms. The lowest BCUT2D eigenvalue weighted by molar-refractivity contribution is 0.0697. The molecule has 0 amide bonds. The Morgan fingerprint density at radius 1 is 1.25 bits per heavy atom. The van der Waals surface area contributed by atoms with Gasteiger partial charge in [-0.2, -0.15) is 0 Å². The van der Waals surface area contributed by atoms with Gasteiger partial charge < -0.3 is 14.4 Å². The Bertz CT molecular complexity index is 676. The molecule has 0 aromatic heterocycles. The average molecular weight is 311 g/mol. The summed E-state index contributed by atoms with van der Waals surface area (Å²) in [5, 5.41) is 9.40. The van der Waals surface area contributed by atoms with Crippen LogP contribution in [0.25, 0.3) is 11.1 Å². The highest BCUT2D eigenvalue weighted by Crippen LogP contribution is 2.34. The normalized spacial score (nSPS) is 11.9. The van der Waals surface area contributed by atoms with Crippen LogP contribution in [0.15, 0.2) is 42.5 Å². The highest BCUT2D eigenvalue weighted by molar-refractivity contribution is 7.80. The summed E-state index contributed by atoms with van der Waals surface area (Å²) in [5.74, 6) is -1.19. The topological polar surface area (TPSA) is 89.5 Å². The number of halogens is 1. The first-order valence-electron chi connectivity index (χ1n) is 5.47. The van der Waals surface area contributed by atoms with Gasteiger partial charge in [-0.25, -0.2) is 4.79 Å². The summed E-state index contributed by atoms with van der Waals surface area (Å²) >= 11 is 3.25. The highest BCUT2D eigenvalue weighted by atomic mass is 35.5. The first kappa shape index (κ1) is 14.5. The van der Waals surface area contributed by atoms with Crippen LogP contribution in [0.2, 0.25) is 5.02 Å². The molecule has 0 aliphatic carbocycles. The van der Waals surface area contributed by atoms with Crippen molar-refractivity contribution in [3.63, 3.8) is 0 Å². The van der Waals surface area contributed by atoms with Crippen molar-refractivity contribution in [1.29, 1.82) is 0 Å². The summed E-state index contributed by atoms with van der Waals surface area (Å²) in [5.41, 5.74) is 0.896. The zero-order valence-corrected chi connectivity index (χ0v) is 11.6. The summed E-state index contributed by atoms with van der Waals surface area (Å²) in [6, 6.07) is 11.3. The van der Waals surface area contributed by atoms with Crippen LogP contribution in [0.1, 0.15) is 10.4 Å². The van der Waals surface area contributed by atoms with E-state index < -0.39 is 17.2 Å². The van der Waals surface area contributed by atoms with Crippen molar-refractivity contribution in [3.05, 3.63) is 53.1 Å². The number of aromatic carboxylic acids is 1. The van der Waals surface area contributed by atoms with Crippen LogP contribution in [0.5, 0.6) is 0 Å². The molecule has 7 heteroatoms. The van der Waals surface area contributed by atoms with Gasteiger partial charge in [0, 0.05) is 21.9 Å². The lowest BCUT2D eigenvalue weighted by Crippen LogP contribution is -2.08. The minimum Gasteiger partial charge on any atom is -0.755 e. The first-order valence-corrected chi connectivity index (χ1v) is 6.92. The zero-order valence-electron chi connectivity index (χ0n) is 10.00. The lowest BCUT2D eigenvalue weighted by Gasteiger charge is -2.16.